The normalized spacial score (nSPS) is 20.4. The molecule has 0 amide bonds. The van der Waals surface area contributed by atoms with Gasteiger partial charge >= 0.3 is 6.18 Å². The summed E-state index contributed by atoms with van der Waals surface area (Å²) < 4.78 is 37.6. The van der Waals surface area contributed by atoms with Gasteiger partial charge < -0.3 is 5.32 Å². The highest BCUT2D eigenvalue weighted by Crippen LogP contribution is 2.29. The highest BCUT2D eigenvalue weighted by molar-refractivity contribution is 5.24. The van der Waals surface area contributed by atoms with Gasteiger partial charge in [0.2, 0.25) is 0 Å². The third-order valence-electron chi connectivity index (χ3n) is 3.86. The van der Waals surface area contributed by atoms with Crippen molar-refractivity contribution in [3.05, 3.63) is 35.4 Å². The number of nitrogens with zero attached hydrogens (tertiary/aromatic N) is 1. The smallest absolute Gasteiger partial charge is 0.315 e. The van der Waals surface area contributed by atoms with Crippen molar-refractivity contribution in [2.24, 2.45) is 0 Å². The zero-order valence-corrected chi connectivity index (χ0v) is 11.7. The minimum absolute atomic E-state index is 0.482. The Bertz CT molecular complexity index is 408. The summed E-state index contributed by atoms with van der Waals surface area (Å²) in [4.78, 5) is 2.33. The highest BCUT2D eigenvalue weighted by Gasteiger charge is 2.30. The molecule has 1 atom stereocenters. The largest absolute Gasteiger partial charge is 0.416 e. The van der Waals surface area contributed by atoms with Crippen molar-refractivity contribution < 1.29 is 13.2 Å². The van der Waals surface area contributed by atoms with Gasteiger partial charge in [-0.15, -0.1) is 0 Å². The fourth-order valence-corrected chi connectivity index (χ4v) is 2.68. The lowest BCUT2D eigenvalue weighted by Gasteiger charge is -2.34. The molecule has 1 saturated heterocycles. The third kappa shape index (κ3) is 3.96. The topological polar surface area (TPSA) is 15.3 Å². The first-order chi connectivity index (χ1) is 9.50. The predicted molar refractivity (Wildman–Crippen MR) is 73.4 cm³/mol. The van der Waals surface area contributed by atoms with Crippen LogP contribution in [0, 0.1) is 0 Å². The first-order valence-corrected chi connectivity index (χ1v) is 7.11. The lowest BCUT2D eigenvalue weighted by Crippen LogP contribution is -2.45. The van der Waals surface area contributed by atoms with E-state index < -0.39 is 11.7 Å². The van der Waals surface area contributed by atoms with E-state index in [4.69, 9.17) is 0 Å². The monoisotopic (exact) mass is 286 g/mol. The molecular formula is C15H21F3N2. The molecule has 0 bridgehead atoms. The fourth-order valence-electron chi connectivity index (χ4n) is 2.68. The summed E-state index contributed by atoms with van der Waals surface area (Å²) in [7, 11) is 0. The maximum absolute atomic E-state index is 12.5. The Labute approximate surface area is 118 Å². The van der Waals surface area contributed by atoms with Gasteiger partial charge in [0.1, 0.15) is 0 Å². The minimum atomic E-state index is -4.25. The van der Waals surface area contributed by atoms with Gasteiger partial charge in [-0.25, -0.2) is 0 Å². The first kappa shape index (κ1) is 15.3. The Morgan fingerprint density at radius 3 is 2.45 bits per heavy atom. The molecule has 1 unspecified atom stereocenters. The molecule has 0 aliphatic carbocycles. The van der Waals surface area contributed by atoms with Gasteiger partial charge in [-0.2, -0.15) is 13.2 Å². The van der Waals surface area contributed by atoms with Crippen molar-refractivity contribution in [1.82, 2.24) is 10.2 Å². The quantitative estimate of drug-likeness (QED) is 0.914. The van der Waals surface area contributed by atoms with Crippen LogP contribution in [0.1, 0.15) is 30.9 Å². The van der Waals surface area contributed by atoms with Crippen molar-refractivity contribution in [2.45, 2.75) is 38.5 Å². The highest BCUT2D eigenvalue weighted by atomic mass is 19.4. The first-order valence-electron chi connectivity index (χ1n) is 7.11. The number of likely N-dealkylation sites (N-methyl/N-ethyl adjacent to an activating group) is 1. The van der Waals surface area contributed by atoms with Crippen LogP contribution >= 0.6 is 0 Å². The molecule has 5 heteroatoms. The Kier molecular flexibility index (Phi) is 5.05. The molecule has 1 aromatic rings. The molecule has 1 fully saturated rings. The SMILES string of the molecule is CCN(Cc1ccc(C(F)(F)F)cc1)C1CCCNC1. The molecule has 2 nitrogen and oxygen atoms in total. The number of halogens is 3. The molecule has 1 aliphatic heterocycles. The number of hydrogen-bond donors (Lipinski definition) is 1. The molecule has 0 spiro atoms. The van der Waals surface area contributed by atoms with E-state index in [0.717, 1.165) is 38.0 Å². The van der Waals surface area contributed by atoms with Gasteiger partial charge in [-0.3, -0.25) is 4.90 Å². The van der Waals surface area contributed by atoms with Gasteiger partial charge in [0.15, 0.2) is 0 Å². The maximum atomic E-state index is 12.5. The molecule has 0 aromatic heterocycles. The number of rotatable bonds is 4. The summed E-state index contributed by atoms with van der Waals surface area (Å²) in [5.74, 6) is 0. The lowest BCUT2D eigenvalue weighted by atomic mass is 10.0. The van der Waals surface area contributed by atoms with E-state index >= 15 is 0 Å². The Morgan fingerprint density at radius 2 is 1.95 bits per heavy atom. The van der Waals surface area contributed by atoms with Crippen LogP contribution in [0.3, 0.4) is 0 Å². The Hall–Kier alpha value is -1.07. The summed E-state index contributed by atoms with van der Waals surface area (Å²) in [6.07, 6.45) is -1.94. The van der Waals surface area contributed by atoms with Crippen LogP contribution < -0.4 is 5.32 Å². The van der Waals surface area contributed by atoms with Crippen molar-refractivity contribution in [3.63, 3.8) is 0 Å². The molecule has 1 heterocycles. The zero-order chi connectivity index (χ0) is 14.6. The van der Waals surface area contributed by atoms with Crippen LogP contribution in [0.25, 0.3) is 0 Å². The molecule has 112 valence electrons. The molecule has 1 N–H and O–H groups in total. The van der Waals surface area contributed by atoms with Gasteiger partial charge in [-0.05, 0) is 43.6 Å². The van der Waals surface area contributed by atoms with E-state index in [1.54, 1.807) is 12.1 Å². The Balaban J connectivity index is 2.00. The van der Waals surface area contributed by atoms with Gasteiger partial charge in [-0.1, -0.05) is 19.1 Å². The molecule has 1 aliphatic rings. The van der Waals surface area contributed by atoms with E-state index in [-0.39, 0.29) is 0 Å². The molecule has 1 aromatic carbocycles. The van der Waals surface area contributed by atoms with E-state index in [2.05, 4.69) is 17.1 Å². The van der Waals surface area contributed by atoms with Crippen LogP contribution in [0.2, 0.25) is 0 Å². The van der Waals surface area contributed by atoms with E-state index in [1.807, 2.05) is 0 Å². The standard InChI is InChI=1S/C15H21F3N2/c1-2-20(14-4-3-9-19-10-14)11-12-5-7-13(8-6-12)15(16,17)18/h5-8,14,19H,2-4,9-11H2,1H3. The maximum Gasteiger partial charge on any atom is 0.416 e. The lowest BCUT2D eigenvalue weighted by molar-refractivity contribution is -0.137. The van der Waals surface area contributed by atoms with Gasteiger partial charge in [0.25, 0.3) is 0 Å². The summed E-state index contributed by atoms with van der Waals surface area (Å²) in [5.41, 5.74) is 0.356. The van der Waals surface area contributed by atoms with Crippen LogP contribution in [-0.4, -0.2) is 30.6 Å². The molecule has 20 heavy (non-hydrogen) atoms. The summed E-state index contributed by atoms with van der Waals surface area (Å²) in [6, 6.07) is 5.99. The number of piperidine rings is 1. The molecule has 0 saturated carbocycles. The van der Waals surface area contributed by atoms with Crippen molar-refractivity contribution >= 4 is 0 Å². The van der Waals surface area contributed by atoms with Crippen molar-refractivity contribution in [1.29, 1.82) is 0 Å². The van der Waals surface area contributed by atoms with Gasteiger partial charge in [0.05, 0.1) is 5.56 Å². The average Bonchev–Trinajstić information content (AvgIpc) is 2.45. The summed E-state index contributed by atoms with van der Waals surface area (Å²) in [6.45, 7) is 5.75. The third-order valence-corrected chi connectivity index (χ3v) is 3.86. The molecule has 2 rings (SSSR count). The second-order valence-electron chi connectivity index (χ2n) is 5.26. The van der Waals surface area contributed by atoms with Crippen LogP contribution in [0.5, 0.6) is 0 Å². The van der Waals surface area contributed by atoms with E-state index in [9.17, 15) is 13.2 Å². The van der Waals surface area contributed by atoms with Crippen molar-refractivity contribution in [2.75, 3.05) is 19.6 Å². The van der Waals surface area contributed by atoms with Crippen molar-refractivity contribution in [3.8, 4) is 0 Å². The molecule has 0 radical (unpaired) electrons. The van der Waals surface area contributed by atoms with Crippen LogP contribution in [0.15, 0.2) is 24.3 Å². The van der Waals surface area contributed by atoms with Crippen LogP contribution in [0.4, 0.5) is 13.2 Å². The summed E-state index contributed by atoms with van der Waals surface area (Å²) >= 11 is 0. The second-order valence-corrected chi connectivity index (χ2v) is 5.26. The van der Waals surface area contributed by atoms with E-state index in [1.165, 1.54) is 12.1 Å². The summed E-state index contributed by atoms with van der Waals surface area (Å²) in [5, 5.41) is 3.37. The average molecular weight is 286 g/mol. The zero-order valence-electron chi connectivity index (χ0n) is 11.7. The predicted octanol–water partition coefficient (Wildman–Crippen LogP) is 3.28. The second kappa shape index (κ2) is 6.59. The number of hydrogen-bond acceptors (Lipinski definition) is 2. The molecular weight excluding hydrogens is 265 g/mol. The number of nitrogens with one attached hydrogen (secondary N) is 1. The van der Waals surface area contributed by atoms with Gasteiger partial charge in [0, 0.05) is 19.1 Å². The minimum Gasteiger partial charge on any atom is -0.315 e. The number of benzene rings is 1. The number of alkyl halides is 3. The fraction of sp³-hybridized carbons (Fsp3) is 0.600. The Morgan fingerprint density at radius 1 is 1.25 bits per heavy atom. The van der Waals surface area contributed by atoms with Crippen LogP contribution in [-0.2, 0) is 12.7 Å². The van der Waals surface area contributed by atoms with E-state index in [0.29, 0.717) is 12.6 Å².